The third-order valence-corrected chi connectivity index (χ3v) is 6.35. The second-order valence-corrected chi connectivity index (χ2v) is 8.69. The molecular formula is C24H22FN5O3S. The highest BCUT2D eigenvalue weighted by Crippen LogP contribution is 2.37. The Morgan fingerprint density at radius 1 is 1.21 bits per heavy atom. The maximum atomic E-state index is 13.5. The number of hydrogen-bond donors (Lipinski definition) is 2. The molecule has 34 heavy (non-hydrogen) atoms. The van der Waals surface area contributed by atoms with Crippen LogP contribution >= 0.6 is 11.3 Å². The van der Waals surface area contributed by atoms with Gasteiger partial charge in [-0.05, 0) is 50.2 Å². The molecule has 3 heterocycles. The summed E-state index contributed by atoms with van der Waals surface area (Å²) in [5.74, 6) is 0.157. The molecule has 2 aromatic heterocycles. The number of ether oxygens (including phenoxy) is 2. The van der Waals surface area contributed by atoms with Crippen LogP contribution in [0, 0.1) is 5.82 Å². The topological polar surface area (TPSA) is 98.3 Å². The third kappa shape index (κ3) is 4.82. The molecule has 1 aliphatic heterocycles. The van der Waals surface area contributed by atoms with Crippen LogP contribution in [0.5, 0.6) is 5.75 Å². The molecule has 2 aromatic carbocycles. The van der Waals surface area contributed by atoms with E-state index in [9.17, 15) is 9.18 Å². The van der Waals surface area contributed by atoms with Crippen LogP contribution in [0.2, 0.25) is 0 Å². The molecule has 174 valence electrons. The van der Waals surface area contributed by atoms with Crippen LogP contribution in [-0.4, -0.2) is 47.2 Å². The molecule has 1 aliphatic rings. The molecule has 4 aromatic rings. The van der Waals surface area contributed by atoms with E-state index >= 15 is 0 Å². The predicted octanol–water partition coefficient (Wildman–Crippen LogP) is 4.55. The number of thiazole rings is 1. The summed E-state index contributed by atoms with van der Waals surface area (Å²) >= 11 is 1.34. The molecule has 0 bridgehead atoms. The van der Waals surface area contributed by atoms with Gasteiger partial charge < -0.3 is 20.1 Å². The van der Waals surface area contributed by atoms with Crippen molar-refractivity contribution < 1.29 is 18.7 Å². The van der Waals surface area contributed by atoms with Gasteiger partial charge in [0.05, 0.1) is 18.2 Å². The first kappa shape index (κ1) is 22.2. The molecule has 0 radical (unpaired) electrons. The molecular weight excluding hydrogens is 457 g/mol. The van der Waals surface area contributed by atoms with Gasteiger partial charge in [0.1, 0.15) is 22.7 Å². The number of esters is 1. The van der Waals surface area contributed by atoms with Gasteiger partial charge in [0.25, 0.3) is 0 Å². The van der Waals surface area contributed by atoms with Crippen LogP contribution in [0.1, 0.15) is 23.3 Å². The molecule has 1 fully saturated rings. The highest BCUT2D eigenvalue weighted by atomic mass is 32.1. The summed E-state index contributed by atoms with van der Waals surface area (Å²) in [5.41, 5.74) is 2.24. The Kier molecular flexibility index (Phi) is 6.33. The third-order valence-electron chi connectivity index (χ3n) is 5.47. The highest BCUT2D eigenvalue weighted by molar-refractivity contribution is 7.13. The second-order valence-electron chi connectivity index (χ2n) is 7.83. The fourth-order valence-corrected chi connectivity index (χ4v) is 4.58. The minimum Gasteiger partial charge on any atom is -0.490 e. The number of methoxy groups -OCH3 is 1. The van der Waals surface area contributed by atoms with Gasteiger partial charge in [-0.15, -0.1) is 11.3 Å². The molecule has 0 unspecified atom stereocenters. The van der Waals surface area contributed by atoms with Gasteiger partial charge >= 0.3 is 5.97 Å². The van der Waals surface area contributed by atoms with E-state index in [-0.39, 0.29) is 17.6 Å². The average molecular weight is 480 g/mol. The van der Waals surface area contributed by atoms with Gasteiger partial charge in [-0.2, -0.15) is 0 Å². The van der Waals surface area contributed by atoms with Crippen LogP contribution in [0.25, 0.3) is 21.5 Å². The summed E-state index contributed by atoms with van der Waals surface area (Å²) in [4.78, 5) is 25.4. The van der Waals surface area contributed by atoms with Crippen molar-refractivity contribution in [2.75, 3.05) is 25.5 Å². The highest BCUT2D eigenvalue weighted by Gasteiger charge is 2.21. The number of benzene rings is 2. The smallest absolute Gasteiger partial charge is 0.357 e. The van der Waals surface area contributed by atoms with E-state index in [0.717, 1.165) is 36.9 Å². The van der Waals surface area contributed by atoms with Crippen molar-refractivity contribution in [3.05, 3.63) is 59.5 Å². The van der Waals surface area contributed by atoms with E-state index < -0.39 is 5.97 Å². The quantitative estimate of drug-likeness (QED) is 0.389. The zero-order valence-corrected chi connectivity index (χ0v) is 19.2. The van der Waals surface area contributed by atoms with Crippen LogP contribution in [0.4, 0.5) is 16.0 Å². The lowest BCUT2D eigenvalue weighted by Gasteiger charge is -2.25. The number of fused-ring (bicyclic) bond motifs is 1. The van der Waals surface area contributed by atoms with E-state index in [1.165, 1.54) is 30.6 Å². The Bertz CT molecular complexity index is 1340. The van der Waals surface area contributed by atoms with E-state index in [2.05, 4.69) is 25.6 Å². The average Bonchev–Trinajstić information content (AvgIpc) is 3.34. The first-order valence-corrected chi connectivity index (χ1v) is 11.7. The molecule has 8 nitrogen and oxygen atoms in total. The SMILES string of the molecule is COC(=O)c1csc(-c2cc3cnc(Nc4cccc(F)c4)nc3cc2OC2CCNCC2)n1. The first-order valence-electron chi connectivity index (χ1n) is 10.8. The van der Waals surface area contributed by atoms with Crippen molar-refractivity contribution in [2.24, 2.45) is 0 Å². The normalized spacial score (nSPS) is 14.2. The van der Waals surface area contributed by atoms with Crippen LogP contribution < -0.4 is 15.4 Å². The van der Waals surface area contributed by atoms with Crippen molar-refractivity contribution in [3.8, 4) is 16.3 Å². The van der Waals surface area contributed by atoms with E-state index in [1.807, 2.05) is 12.1 Å². The number of rotatable bonds is 6. The molecule has 5 rings (SSSR count). The zero-order chi connectivity index (χ0) is 23.5. The van der Waals surface area contributed by atoms with Crippen molar-refractivity contribution >= 4 is 39.8 Å². The molecule has 10 heteroatoms. The van der Waals surface area contributed by atoms with Crippen molar-refractivity contribution in [2.45, 2.75) is 18.9 Å². The monoisotopic (exact) mass is 479 g/mol. The number of nitrogens with zero attached hydrogens (tertiary/aromatic N) is 3. The molecule has 0 spiro atoms. The van der Waals surface area contributed by atoms with Gasteiger partial charge in [0, 0.05) is 28.7 Å². The molecule has 0 atom stereocenters. The maximum Gasteiger partial charge on any atom is 0.357 e. The Balaban J connectivity index is 1.53. The van der Waals surface area contributed by atoms with Crippen molar-refractivity contribution in [1.29, 1.82) is 0 Å². The summed E-state index contributed by atoms with van der Waals surface area (Å²) < 4.78 is 24.7. The standard InChI is InChI=1S/C24H22FN5O3S/c1-32-23(31)20-13-34-22(29-20)18-9-14-12-27-24(28-16-4-2-3-15(25)10-16)30-19(14)11-21(18)33-17-5-7-26-8-6-17/h2-4,9-13,17,26H,5-8H2,1H3,(H,27,28,30). The largest absolute Gasteiger partial charge is 0.490 e. The number of piperidine rings is 1. The maximum absolute atomic E-state index is 13.5. The number of anilines is 2. The number of carbonyl (C=O) groups excluding carboxylic acids is 1. The number of nitrogens with one attached hydrogen (secondary N) is 2. The van der Waals surface area contributed by atoms with Gasteiger partial charge in [0.15, 0.2) is 5.69 Å². The van der Waals surface area contributed by atoms with Crippen molar-refractivity contribution in [3.63, 3.8) is 0 Å². The second kappa shape index (κ2) is 9.70. The lowest BCUT2D eigenvalue weighted by Crippen LogP contribution is -2.34. The first-order chi connectivity index (χ1) is 16.6. The number of hydrogen-bond acceptors (Lipinski definition) is 9. The molecule has 2 N–H and O–H groups in total. The summed E-state index contributed by atoms with van der Waals surface area (Å²) in [6, 6.07) is 9.90. The summed E-state index contributed by atoms with van der Waals surface area (Å²) in [7, 11) is 1.33. The molecule has 0 aliphatic carbocycles. The minimum atomic E-state index is -0.486. The fourth-order valence-electron chi connectivity index (χ4n) is 3.77. The molecule has 0 saturated carbocycles. The Hall–Kier alpha value is -3.63. The molecule has 1 saturated heterocycles. The number of carbonyl (C=O) groups is 1. The van der Waals surface area contributed by atoms with E-state index in [4.69, 9.17) is 9.47 Å². The Labute approximate surface area is 199 Å². The number of halogens is 1. The zero-order valence-electron chi connectivity index (χ0n) is 18.4. The summed E-state index contributed by atoms with van der Waals surface area (Å²) in [5, 5.41) is 9.47. The number of aromatic nitrogens is 3. The van der Waals surface area contributed by atoms with Crippen molar-refractivity contribution in [1.82, 2.24) is 20.3 Å². The van der Waals surface area contributed by atoms with E-state index in [1.54, 1.807) is 23.7 Å². The van der Waals surface area contributed by atoms with Crippen LogP contribution in [0.3, 0.4) is 0 Å². The Morgan fingerprint density at radius 3 is 2.85 bits per heavy atom. The minimum absolute atomic E-state index is 0.0595. The van der Waals surface area contributed by atoms with Crippen LogP contribution in [-0.2, 0) is 4.74 Å². The summed E-state index contributed by atoms with van der Waals surface area (Å²) in [6.07, 6.45) is 3.53. The fraction of sp³-hybridized carbons (Fsp3) is 0.250. The van der Waals surface area contributed by atoms with E-state index in [0.29, 0.717) is 27.9 Å². The summed E-state index contributed by atoms with van der Waals surface area (Å²) in [6.45, 7) is 1.78. The lowest BCUT2D eigenvalue weighted by molar-refractivity contribution is 0.0595. The Morgan fingerprint density at radius 2 is 2.06 bits per heavy atom. The van der Waals surface area contributed by atoms with Gasteiger partial charge in [-0.1, -0.05) is 6.07 Å². The van der Waals surface area contributed by atoms with Gasteiger partial charge in [-0.3, -0.25) is 0 Å². The molecule has 0 amide bonds. The predicted molar refractivity (Wildman–Crippen MR) is 128 cm³/mol. The van der Waals surface area contributed by atoms with Crippen LogP contribution in [0.15, 0.2) is 48.0 Å². The lowest BCUT2D eigenvalue weighted by atomic mass is 10.1. The van der Waals surface area contributed by atoms with Gasteiger partial charge in [0.2, 0.25) is 5.95 Å². The van der Waals surface area contributed by atoms with Gasteiger partial charge in [-0.25, -0.2) is 24.1 Å².